The van der Waals surface area contributed by atoms with Gasteiger partial charge in [-0.3, -0.25) is 0 Å². The highest BCUT2D eigenvalue weighted by atomic mass is 32.1. The number of aromatic nitrogens is 2. The standard InChI is InChI=1S/C13H11N3OS/c1-8-4-5-10(14)9(7-8)13-15-12(16-17-13)11-3-2-6-18-11/h2-7H,14H2,1H3. The van der Waals surface area contributed by atoms with Crippen molar-refractivity contribution < 1.29 is 4.52 Å². The average Bonchev–Trinajstić information content (AvgIpc) is 3.00. The van der Waals surface area contributed by atoms with E-state index in [1.54, 1.807) is 11.3 Å². The molecule has 0 spiro atoms. The first kappa shape index (κ1) is 11.0. The zero-order chi connectivity index (χ0) is 12.5. The molecule has 0 amide bonds. The molecular weight excluding hydrogens is 246 g/mol. The summed E-state index contributed by atoms with van der Waals surface area (Å²) in [6.45, 7) is 2.00. The molecule has 0 atom stereocenters. The summed E-state index contributed by atoms with van der Waals surface area (Å²) in [4.78, 5) is 5.36. The lowest BCUT2D eigenvalue weighted by molar-refractivity contribution is 0.432. The molecule has 0 aliphatic rings. The van der Waals surface area contributed by atoms with Gasteiger partial charge in [-0.1, -0.05) is 22.9 Å². The minimum absolute atomic E-state index is 0.458. The molecule has 0 aliphatic heterocycles. The van der Waals surface area contributed by atoms with Gasteiger partial charge in [0, 0.05) is 5.69 Å². The molecule has 18 heavy (non-hydrogen) atoms. The average molecular weight is 257 g/mol. The normalized spacial score (nSPS) is 10.7. The molecule has 1 aromatic carbocycles. The first-order valence-electron chi connectivity index (χ1n) is 5.48. The fourth-order valence-electron chi connectivity index (χ4n) is 1.69. The predicted octanol–water partition coefficient (Wildman–Crippen LogP) is 3.36. The number of hydrogen-bond acceptors (Lipinski definition) is 5. The van der Waals surface area contributed by atoms with Crippen molar-refractivity contribution in [3.63, 3.8) is 0 Å². The Morgan fingerprint density at radius 3 is 2.94 bits per heavy atom. The Labute approximate surface area is 108 Å². The van der Waals surface area contributed by atoms with Crippen molar-refractivity contribution >= 4 is 17.0 Å². The van der Waals surface area contributed by atoms with Gasteiger partial charge in [0.05, 0.1) is 10.4 Å². The molecule has 3 rings (SSSR count). The molecule has 2 heterocycles. The van der Waals surface area contributed by atoms with E-state index in [4.69, 9.17) is 10.3 Å². The number of nitrogens with two attached hydrogens (primary N) is 1. The van der Waals surface area contributed by atoms with Crippen LogP contribution in [0.25, 0.3) is 22.2 Å². The van der Waals surface area contributed by atoms with Crippen molar-refractivity contribution in [2.45, 2.75) is 6.92 Å². The van der Waals surface area contributed by atoms with Crippen LogP contribution in [0.1, 0.15) is 5.56 Å². The number of thiophene rings is 1. The quantitative estimate of drug-likeness (QED) is 0.715. The third-order valence-electron chi connectivity index (χ3n) is 2.61. The van der Waals surface area contributed by atoms with Gasteiger partial charge in [0.2, 0.25) is 5.82 Å². The first-order valence-corrected chi connectivity index (χ1v) is 6.36. The zero-order valence-electron chi connectivity index (χ0n) is 9.75. The van der Waals surface area contributed by atoms with Crippen LogP contribution < -0.4 is 5.73 Å². The lowest BCUT2D eigenvalue weighted by Crippen LogP contribution is -1.90. The monoisotopic (exact) mass is 257 g/mol. The zero-order valence-corrected chi connectivity index (χ0v) is 10.6. The van der Waals surface area contributed by atoms with Crippen molar-refractivity contribution in [1.29, 1.82) is 0 Å². The van der Waals surface area contributed by atoms with Crippen molar-refractivity contribution in [3.05, 3.63) is 41.3 Å². The summed E-state index contributed by atoms with van der Waals surface area (Å²) in [7, 11) is 0. The molecule has 5 heteroatoms. The smallest absolute Gasteiger partial charge is 0.260 e. The van der Waals surface area contributed by atoms with Crippen LogP contribution >= 0.6 is 11.3 Å². The summed E-state index contributed by atoms with van der Waals surface area (Å²) in [5, 5.41) is 5.95. The van der Waals surface area contributed by atoms with Crippen LogP contribution in [-0.2, 0) is 0 Å². The Hall–Kier alpha value is -2.14. The minimum atomic E-state index is 0.458. The van der Waals surface area contributed by atoms with E-state index < -0.39 is 0 Å². The molecule has 90 valence electrons. The number of rotatable bonds is 2. The number of benzene rings is 1. The Kier molecular flexibility index (Phi) is 2.60. The molecule has 0 saturated carbocycles. The molecule has 0 bridgehead atoms. The number of hydrogen-bond donors (Lipinski definition) is 1. The Balaban J connectivity index is 2.05. The molecule has 0 fully saturated rings. The second-order valence-corrected chi connectivity index (χ2v) is 4.94. The Bertz CT molecular complexity index is 673. The van der Waals surface area contributed by atoms with E-state index >= 15 is 0 Å². The first-order chi connectivity index (χ1) is 8.74. The summed E-state index contributed by atoms with van der Waals surface area (Å²) in [5.74, 6) is 1.06. The highest BCUT2D eigenvalue weighted by Gasteiger charge is 2.13. The third kappa shape index (κ3) is 1.89. The number of nitrogens with zero attached hydrogens (tertiary/aromatic N) is 2. The van der Waals surface area contributed by atoms with Crippen LogP contribution in [0, 0.1) is 6.92 Å². The van der Waals surface area contributed by atoms with Gasteiger partial charge in [-0.2, -0.15) is 4.98 Å². The van der Waals surface area contributed by atoms with Crippen LogP contribution in [0.3, 0.4) is 0 Å². The highest BCUT2D eigenvalue weighted by molar-refractivity contribution is 7.13. The molecule has 4 nitrogen and oxygen atoms in total. The molecule has 0 saturated heterocycles. The molecule has 0 radical (unpaired) electrons. The molecule has 2 aromatic heterocycles. The lowest BCUT2D eigenvalue weighted by Gasteiger charge is -2.01. The second-order valence-electron chi connectivity index (χ2n) is 3.99. The van der Waals surface area contributed by atoms with Gasteiger partial charge in [-0.25, -0.2) is 0 Å². The third-order valence-corrected chi connectivity index (χ3v) is 3.47. The van der Waals surface area contributed by atoms with Crippen LogP contribution in [-0.4, -0.2) is 10.1 Å². The molecule has 0 unspecified atom stereocenters. The Morgan fingerprint density at radius 2 is 2.17 bits per heavy atom. The van der Waals surface area contributed by atoms with Gasteiger partial charge < -0.3 is 10.3 Å². The van der Waals surface area contributed by atoms with Crippen molar-refractivity contribution in [2.24, 2.45) is 0 Å². The SMILES string of the molecule is Cc1ccc(N)c(-c2nc(-c3cccs3)no2)c1. The van der Waals surface area contributed by atoms with Gasteiger partial charge in [-0.05, 0) is 30.5 Å². The fraction of sp³-hybridized carbons (Fsp3) is 0.0769. The fourth-order valence-corrected chi connectivity index (χ4v) is 2.34. The van der Waals surface area contributed by atoms with Gasteiger partial charge in [0.25, 0.3) is 5.89 Å². The van der Waals surface area contributed by atoms with E-state index in [2.05, 4.69) is 10.1 Å². The van der Waals surface area contributed by atoms with Crippen molar-refractivity contribution in [1.82, 2.24) is 10.1 Å². The van der Waals surface area contributed by atoms with Crippen LogP contribution in [0.4, 0.5) is 5.69 Å². The summed E-state index contributed by atoms with van der Waals surface area (Å²) in [5.41, 5.74) is 8.45. The van der Waals surface area contributed by atoms with Crippen LogP contribution in [0.2, 0.25) is 0 Å². The summed E-state index contributed by atoms with van der Waals surface area (Å²) >= 11 is 1.58. The number of nitrogen functional groups attached to an aromatic ring is 1. The van der Waals surface area contributed by atoms with E-state index in [9.17, 15) is 0 Å². The van der Waals surface area contributed by atoms with E-state index in [0.29, 0.717) is 17.4 Å². The maximum atomic E-state index is 5.92. The molecule has 3 aromatic rings. The van der Waals surface area contributed by atoms with Crippen molar-refractivity contribution in [2.75, 3.05) is 5.73 Å². The van der Waals surface area contributed by atoms with Gasteiger partial charge >= 0.3 is 0 Å². The topological polar surface area (TPSA) is 64.9 Å². The van der Waals surface area contributed by atoms with E-state index in [1.807, 2.05) is 42.6 Å². The van der Waals surface area contributed by atoms with Crippen LogP contribution in [0.5, 0.6) is 0 Å². The van der Waals surface area contributed by atoms with E-state index in [-0.39, 0.29) is 0 Å². The number of aryl methyl sites for hydroxylation is 1. The molecular formula is C13H11N3OS. The lowest BCUT2D eigenvalue weighted by atomic mass is 10.1. The largest absolute Gasteiger partial charge is 0.398 e. The van der Waals surface area contributed by atoms with Gasteiger partial charge in [0.1, 0.15) is 0 Å². The summed E-state index contributed by atoms with van der Waals surface area (Å²) in [6, 6.07) is 9.66. The maximum Gasteiger partial charge on any atom is 0.260 e. The summed E-state index contributed by atoms with van der Waals surface area (Å²) < 4.78 is 5.28. The van der Waals surface area contributed by atoms with Crippen molar-refractivity contribution in [3.8, 4) is 22.2 Å². The molecule has 0 aliphatic carbocycles. The second kappa shape index (κ2) is 4.27. The van der Waals surface area contributed by atoms with E-state index in [1.165, 1.54) is 0 Å². The van der Waals surface area contributed by atoms with Gasteiger partial charge in [-0.15, -0.1) is 11.3 Å². The summed E-state index contributed by atoms with van der Waals surface area (Å²) in [6.07, 6.45) is 0. The predicted molar refractivity (Wildman–Crippen MR) is 72.2 cm³/mol. The van der Waals surface area contributed by atoms with Crippen LogP contribution in [0.15, 0.2) is 40.2 Å². The van der Waals surface area contributed by atoms with Gasteiger partial charge in [0.15, 0.2) is 0 Å². The van der Waals surface area contributed by atoms with E-state index in [0.717, 1.165) is 16.0 Å². The number of anilines is 1. The Morgan fingerprint density at radius 1 is 1.28 bits per heavy atom. The molecule has 2 N–H and O–H groups in total. The minimum Gasteiger partial charge on any atom is -0.398 e. The maximum absolute atomic E-state index is 5.92. The highest BCUT2D eigenvalue weighted by Crippen LogP contribution is 2.28.